The van der Waals surface area contributed by atoms with Crippen molar-refractivity contribution in [2.75, 3.05) is 36.5 Å². The molecular weight excluding hydrogens is 409 g/mol. The summed E-state index contributed by atoms with van der Waals surface area (Å²) in [6, 6.07) is 9.57. The van der Waals surface area contributed by atoms with E-state index in [1.54, 1.807) is 12.1 Å². The molecule has 0 radical (unpaired) electrons. The van der Waals surface area contributed by atoms with Crippen molar-refractivity contribution in [1.29, 1.82) is 0 Å². The molecule has 0 unspecified atom stereocenters. The molecule has 164 valence electrons. The molecule has 2 aliphatic heterocycles. The smallest absolute Gasteiger partial charge is 0.416 e. The summed E-state index contributed by atoms with van der Waals surface area (Å²) in [5.41, 5.74) is 1.46. The highest BCUT2D eigenvalue weighted by Crippen LogP contribution is 2.51. The highest BCUT2D eigenvalue weighted by atomic mass is 19.4. The number of benzene rings is 2. The van der Waals surface area contributed by atoms with Crippen LogP contribution in [-0.4, -0.2) is 43.4 Å². The van der Waals surface area contributed by atoms with Crippen LogP contribution in [0.2, 0.25) is 0 Å². The van der Waals surface area contributed by atoms with Crippen molar-refractivity contribution in [3.05, 3.63) is 42.0 Å². The number of halogens is 3. The molecule has 1 N–H and O–H groups in total. The summed E-state index contributed by atoms with van der Waals surface area (Å²) >= 11 is 0. The first-order chi connectivity index (χ1) is 14.7. The Hall–Kier alpha value is -2.90. The van der Waals surface area contributed by atoms with E-state index >= 15 is 0 Å². The average Bonchev–Trinajstić information content (AvgIpc) is 2.63. The predicted molar refractivity (Wildman–Crippen MR) is 111 cm³/mol. The highest BCUT2D eigenvalue weighted by molar-refractivity contribution is 5.86. The first-order valence-corrected chi connectivity index (χ1v) is 10.4. The standard InChI is InChI=1S/C23H23F3N2O3/c1-27-13-22(6-3-7-22)31-19-10-16(23(24,25)26)9-18(20(19)27)14-4-2-5-17(8-14)28-11-15(12-28)21(29)30/h2,4-5,8-10,15H,3,6-7,11-13H2,1H3,(H,29,30). The maximum atomic E-state index is 13.7. The quantitative estimate of drug-likeness (QED) is 0.766. The first kappa shape index (κ1) is 20.0. The summed E-state index contributed by atoms with van der Waals surface area (Å²) in [6.07, 6.45) is -1.78. The summed E-state index contributed by atoms with van der Waals surface area (Å²) in [6.45, 7) is 1.43. The van der Waals surface area contributed by atoms with Gasteiger partial charge in [0.05, 0.1) is 23.7 Å². The van der Waals surface area contributed by atoms with E-state index in [2.05, 4.69) is 0 Å². The van der Waals surface area contributed by atoms with E-state index in [4.69, 9.17) is 9.84 Å². The van der Waals surface area contributed by atoms with E-state index < -0.39 is 29.2 Å². The van der Waals surface area contributed by atoms with Gasteiger partial charge in [0.25, 0.3) is 0 Å². The van der Waals surface area contributed by atoms with Gasteiger partial charge in [0.15, 0.2) is 0 Å². The summed E-state index contributed by atoms with van der Waals surface area (Å²) in [4.78, 5) is 15.0. The molecule has 2 heterocycles. The Morgan fingerprint density at radius 1 is 1.19 bits per heavy atom. The van der Waals surface area contributed by atoms with Gasteiger partial charge in [-0.15, -0.1) is 0 Å². The number of hydrogen-bond donors (Lipinski definition) is 1. The number of ether oxygens (including phenoxy) is 1. The molecule has 2 aromatic rings. The highest BCUT2D eigenvalue weighted by Gasteiger charge is 2.45. The SMILES string of the molecule is CN1CC2(CCC2)Oc2cc(C(F)(F)F)cc(-c3cccc(N4CC(C(=O)O)C4)c3)c21. The van der Waals surface area contributed by atoms with E-state index in [0.717, 1.165) is 31.0 Å². The fourth-order valence-electron chi connectivity index (χ4n) is 4.79. The number of likely N-dealkylation sites (N-methyl/N-ethyl adjacent to an activating group) is 1. The first-order valence-electron chi connectivity index (χ1n) is 10.4. The second-order valence-corrected chi connectivity index (χ2v) is 8.85. The minimum absolute atomic E-state index is 0.276. The monoisotopic (exact) mass is 432 g/mol. The molecule has 3 aliphatic rings. The van der Waals surface area contributed by atoms with Gasteiger partial charge in [0, 0.05) is 31.4 Å². The Labute approximate surface area is 178 Å². The molecule has 1 saturated carbocycles. The molecule has 0 atom stereocenters. The van der Waals surface area contributed by atoms with Crippen molar-refractivity contribution in [2.45, 2.75) is 31.0 Å². The van der Waals surface area contributed by atoms with Crippen LogP contribution in [0.5, 0.6) is 5.75 Å². The van der Waals surface area contributed by atoms with Crippen molar-refractivity contribution in [3.63, 3.8) is 0 Å². The number of carbonyl (C=O) groups is 1. The van der Waals surface area contributed by atoms with Gasteiger partial charge in [0.1, 0.15) is 11.4 Å². The lowest BCUT2D eigenvalue weighted by atomic mass is 9.78. The van der Waals surface area contributed by atoms with Crippen molar-refractivity contribution in [2.24, 2.45) is 5.92 Å². The topological polar surface area (TPSA) is 53.0 Å². The molecule has 5 rings (SSSR count). The fourth-order valence-corrected chi connectivity index (χ4v) is 4.79. The van der Waals surface area contributed by atoms with E-state index in [0.29, 0.717) is 36.4 Å². The Kier molecular flexibility index (Phi) is 4.39. The van der Waals surface area contributed by atoms with Crippen LogP contribution in [0.15, 0.2) is 36.4 Å². The lowest BCUT2D eigenvalue weighted by molar-refractivity contribution is -0.142. The zero-order chi connectivity index (χ0) is 22.0. The maximum absolute atomic E-state index is 13.7. The Morgan fingerprint density at radius 3 is 2.55 bits per heavy atom. The Bertz CT molecular complexity index is 1040. The minimum Gasteiger partial charge on any atom is -0.483 e. The number of fused-ring (bicyclic) bond motifs is 1. The van der Waals surface area contributed by atoms with Crippen LogP contribution in [0.25, 0.3) is 11.1 Å². The maximum Gasteiger partial charge on any atom is 0.416 e. The van der Waals surface area contributed by atoms with Gasteiger partial charge in [-0.25, -0.2) is 0 Å². The summed E-state index contributed by atoms with van der Waals surface area (Å²) in [5.74, 6) is -0.968. The minimum atomic E-state index is -4.49. The Morgan fingerprint density at radius 2 is 1.94 bits per heavy atom. The number of hydrogen-bond acceptors (Lipinski definition) is 4. The molecule has 5 nitrogen and oxygen atoms in total. The number of rotatable bonds is 3. The fraction of sp³-hybridized carbons (Fsp3) is 0.435. The Balaban J connectivity index is 1.57. The van der Waals surface area contributed by atoms with Gasteiger partial charge in [-0.1, -0.05) is 12.1 Å². The van der Waals surface area contributed by atoms with Crippen LogP contribution in [0, 0.1) is 5.92 Å². The number of carboxylic acids is 1. The predicted octanol–water partition coefficient (Wildman–Crippen LogP) is 4.64. The zero-order valence-corrected chi connectivity index (χ0v) is 17.1. The van der Waals surface area contributed by atoms with Gasteiger partial charge in [-0.05, 0) is 49.1 Å². The third-order valence-electron chi connectivity index (χ3n) is 6.65. The van der Waals surface area contributed by atoms with Crippen LogP contribution in [0.3, 0.4) is 0 Å². The third-order valence-corrected chi connectivity index (χ3v) is 6.65. The normalized spacial score (nSPS) is 20.0. The number of anilines is 2. The van der Waals surface area contributed by atoms with Crippen molar-refractivity contribution in [3.8, 4) is 16.9 Å². The van der Waals surface area contributed by atoms with Crippen LogP contribution < -0.4 is 14.5 Å². The molecule has 1 spiro atoms. The summed E-state index contributed by atoms with van der Waals surface area (Å²) in [5, 5.41) is 9.11. The zero-order valence-electron chi connectivity index (χ0n) is 17.1. The van der Waals surface area contributed by atoms with Crippen molar-refractivity contribution >= 4 is 17.3 Å². The average molecular weight is 432 g/mol. The molecule has 1 aliphatic carbocycles. The molecule has 31 heavy (non-hydrogen) atoms. The second kappa shape index (κ2) is 6.80. The number of carboxylic acid groups (broad SMARTS) is 1. The van der Waals surface area contributed by atoms with Crippen LogP contribution in [0.1, 0.15) is 24.8 Å². The van der Waals surface area contributed by atoms with Crippen molar-refractivity contribution in [1.82, 2.24) is 0 Å². The largest absolute Gasteiger partial charge is 0.483 e. The molecule has 0 bridgehead atoms. The molecular formula is C23H23F3N2O3. The molecule has 8 heteroatoms. The van der Waals surface area contributed by atoms with Gasteiger partial charge in [0.2, 0.25) is 0 Å². The van der Waals surface area contributed by atoms with E-state index in [9.17, 15) is 18.0 Å². The van der Waals surface area contributed by atoms with Gasteiger partial charge < -0.3 is 19.6 Å². The number of alkyl halides is 3. The molecule has 0 amide bonds. The van der Waals surface area contributed by atoms with Gasteiger partial charge >= 0.3 is 12.1 Å². The van der Waals surface area contributed by atoms with Crippen molar-refractivity contribution < 1.29 is 27.8 Å². The van der Waals surface area contributed by atoms with Crippen LogP contribution in [-0.2, 0) is 11.0 Å². The summed E-state index contributed by atoms with van der Waals surface area (Å²) in [7, 11) is 1.90. The lowest BCUT2D eigenvalue weighted by Gasteiger charge is -2.49. The van der Waals surface area contributed by atoms with Gasteiger partial charge in [-0.3, -0.25) is 4.79 Å². The summed E-state index contributed by atoms with van der Waals surface area (Å²) < 4.78 is 47.2. The van der Waals surface area contributed by atoms with Crippen LogP contribution in [0.4, 0.5) is 24.5 Å². The van der Waals surface area contributed by atoms with Gasteiger partial charge in [-0.2, -0.15) is 13.2 Å². The molecule has 0 aromatic heterocycles. The molecule has 2 aromatic carbocycles. The van der Waals surface area contributed by atoms with E-state index in [-0.39, 0.29) is 5.75 Å². The lowest BCUT2D eigenvalue weighted by Crippen LogP contribution is -2.54. The van der Waals surface area contributed by atoms with E-state index in [1.807, 2.05) is 29.0 Å². The third kappa shape index (κ3) is 3.38. The molecule has 2 fully saturated rings. The molecule has 1 saturated heterocycles. The number of aliphatic carboxylic acids is 1. The second-order valence-electron chi connectivity index (χ2n) is 8.85. The number of nitrogens with zero attached hydrogens (tertiary/aromatic N) is 2. The van der Waals surface area contributed by atoms with Crippen LogP contribution >= 0.6 is 0 Å². The van der Waals surface area contributed by atoms with E-state index in [1.165, 1.54) is 6.07 Å².